The second kappa shape index (κ2) is 6.00. The summed E-state index contributed by atoms with van der Waals surface area (Å²) < 4.78 is 10.9. The maximum atomic E-state index is 11.7. The Morgan fingerprint density at radius 1 is 1.24 bits per heavy atom. The van der Waals surface area contributed by atoms with Gasteiger partial charge in [0.05, 0.1) is 12.4 Å². The molecule has 3 rings (SSSR count). The Bertz CT molecular complexity index is 673. The van der Waals surface area contributed by atoms with Gasteiger partial charge < -0.3 is 9.47 Å². The first-order chi connectivity index (χ1) is 10.3. The van der Waals surface area contributed by atoms with Gasteiger partial charge >= 0.3 is 0 Å². The monoisotopic (exact) mass is 284 g/mol. The molecule has 0 spiro atoms. The predicted molar refractivity (Wildman–Crippen MR) is 74.5 cm³/mol. The summed E-state index contributed by atoms with van der Waals surface area (Å²) in [5.41, 5.74) is 3.38. The van der Waals surface area contributed by atoms with Crippen LogP contribution in [0.25, 0.3) is 0 Å². The molecule has 1 aliphatic rings. The van der Waals surface area contributed by atoms with Crippen LogP contribution in [-0.2, 0) is 0 Å². The van der Waals surface area contributed by atoms with Gasteiger partial charge in [0.15, 0.2) is 11.5 Å². The van der Waals surface area contributed by atoms with Gasteiger partial charge in [-0.05, 0) is 23.8 Å². The third-order valence-corrected chi connectivity index (χ3v) is 2.74. The van der Waals surface area contributed by atoms with Crippen LogP contribution in [0, 0.1) is 0 Å². The van der Waals surface area contributed by atoms with Crippen molar-refractivity contribution >= 4 is 12.1 Å². The van der Waals surface area contributed by atoms with E-state index in [1.165, 1.54) is 24.8 Å². The van der Waals surface area contributed by atoms with E-state index in [9.17, 15) is 4.79 Å². The molecule has 1 aliphatic heterocycles. The third-order valence-electron chi connectivity index (χ3n) is 2.74. The van der Waals surface area contributed by atoms with Gasteiger partial charge in [-0.25, -0.2) is 10.4 Å². The minimum atomic E-state index is -0.420. The third kappa shape index (κ3) is 3.14. The molecule has 1 aromatic carbocycles. The molecule has 0 bridgehead atoms. The first kappa shape index (κ1) is 13.0. The fourth-order valence-electron chi connectivity index (χ4n) is 1.78. The molecule has 1 N–H and O–H groups in total. The van der Waals surface area contributed by atoms with Gasteiger partial charge in [0.25, 0.3) is 5.91 Å². The van der Waals surface area contributed by atoms with Crippen LogP contribution in [0.5, 0.6) is 11.5 Å². The van der Waals surface area contributed by atoms with Crippen LogP contribution >= 0.6 is 0 Å². The highest BCUT2D eigenvalue weighted by Gasteiger charge is 2.11. The van der Waals surface area contributed by atoms with Gasteiger partial charge in [0.2, 0.25) is 0 Å². The second-order valence-electron chi connectivity index (χ2n) is 4.19. The molecule has 2 heterocycles. The van der Waals surface area contributed by atoms with E-state index in [1.807, 2.05) is 6.07 Å². The highest BCUT2D eigenvalue weighted by Crippen LogP contribution is 2.30. The van der Waals surface area contributed by atoms with E-state index in [0.717, 1.165) is 5.56 Å². The standard InChI is InChI=1S/C14H12N4O3/c19-14(11-9-15-3-4-16-11)18-17-8-10-1-2-12-13(7-10)21-6-5-20-12/h1-4,7-9H,5-6H2,(H,18,19). The van der Waals surface area contributed by atoms with Crippen molar-refractivity contribution in [2.24, 2.45) is 5.10 Å². The predicted octanol–water partition coefficient (Wildman–Crippen LogP) is 1.01. The topological polar surface area (TPSA) is 85.7 Å². The fraction of sp³-hybridized carbons (Fsp3) is 0.143. The number of rotatable bonds is 3. The quantitative estimate of drug-likeness (QED) is 0.671. The van der Waals surface area contributed by atoms with Crippen molar-refractivity contribution in [3.05, 3.63) is 48.0 Å². The molecular formula is C14H12N4O3. The molecule has 21 heavy (non-hydrogen) atoms. The normalized spacial score (nSPS) is 13.1. The lowest BCUT2D eigenvalue weighted by molar-refractivity contribution is 0.0949. The highest BCUT2D eigenvalue weighted by atomic mass is 16.6. The van der Waals surface area contributed by atoms with Crippen LogP contribution < -0.4 is 14.9 Å². The van der Waals surface area contributed by atoms with Gasteiger partial charge in [-0.3, -0.25) is 9.78 Å². The summed E-state index contributed by atoms with van der Waals surface area (Å²) in [5, 5.41) is 3.88. The zero-order chi connectivity index (χ0) is 14.5. The van der Waals surface area contributed by atoms with Gasteiger partial charge in [0.1, 0.15) is 18.9 Å². The lowest BCUT2D eigenvalue weighted by atomic mass is 10.2. The van der Waals surface area contributed by atoms with Crippen LogP contribution in [-0.4, -0.2) is 35.3 Å². The van der Waals surface area contributed by atoms with Crippen LogP contribution in [0.15, 0.2) is 41.9 Å². The molecular weight excluding hydrogens is 272 g/mol. The lowest BCUT2D eigenvalue weighted by Gasteiger charge is -2.18. The number of nitrogens with one attached hydrogen (secondary N) is 1. The molecule has 0 atom stereocenters. The average molecular weight is 284 g/mol. The SMILES string of the molecule is O=C(NN=Cc1ccc2c(c1)OCCO2)c1cnccn1. The van der Waals surface area contributed by atoms with Crippen molar-refractivity contribution in [2.75, 3.05) is 13.2 Å². The maximum absolute atomic E-state index is 11.7. The minimum absolute atomic E-state index is 0.205. The van der Waals surface area contributed by atoms with Crippen molar-refractivity contribution < 1.29 is 14.3 Å². The van der Waals surface area contributed by atoms with E-state index >= 15 is 0 Å². The summed E-state index contributed by atoms with van der Waals surface area (Å²) in [4.78, 5) is 19.4. The Balaban J connectivity index is 1.65. The van der Waals surface area contributed by atoms with E-state index in [0.29, 0.717) is 24.7 Å². The van der Waals surface area contributed by atoms with Crippen molar-refractivity contribution in [1.29, 1.82) is 0 Å². The lowest BCUT2D eigenvalue weighted by Crippen LogP contribution is -2.19. The van der Waals surface area contributed by atoms with E-state index in [-0.39, 0.29) is 5.69 Å². The van der Waals surface area contributed by atoms with E-state index in [4.69, 9.17) is 9.47 Å². The van der Waals surface area contributed by atoms with Gasteiger partial charge in [-0.2, -0.15) is 5.10 Å². The number of amides is 1. The van der Waals surface area contributed by atoms with Crippen LogP contribution in [0.1, 0.15) is 16.1 Å². The highest BCUT2D eigenvalue weighted by molar-refractivity contribution is 5.92. The average Bonchev–Trinajstić information content (AvgIpc) is 2.55. The zero-order valence-electron chi connectivity index (χ0n) is 11.0. The number of benzene rings is 1. The molecule has 1 amide bonds. The smallest absolute Gasteiger partial charge is 0.291 e. The Hall–Kier alpha value is -2.96. The molecule has 0 unspecified atom stereocenters. The number of hydrogen-bond donors (Lipinski definition) is 1. The van der Waals surface area contributed by atoms with Crippen molar-refractivity contribution in [3.63, 3.8) is 0 Å². The zero-order valence-corrected chi connectivity index (χ0v) is 11.0. The molecule has 7 heteroatoms. The number of nitrogens with zero attached hydrogens (tertiary/aromatic N) is 3. The Labute approximate surface area is 120 Å². The van der Waals surface area contributed by atoms with Crippen molar-refractivity contribution in [3.8, 4) is 11.5 Å². The van der Waals surface area contributed by atoms with E-state index in [1.54, 1.807) is 12.1 Å². The minimum Gasteiger partial charge on any atom is -0.486 e. The molecule has 2 aromatic rings. The Kier molecular flexibility index (Phi) is 3.72. The summed E-state index contributed by atoms with van der Waals surface area (Å²) in [6.45, 7) is 1.08. The second-order valence-corrected chi connectivity index (χ2v) is 4.19. The van der Waals surface area contributed by atoms with Crippen molar-refractivity contribution in [1.82, 2.24) is 15.4 Å². The number of fused-ring (bicyclic) bond motifs is 1. The molecule has 1 aromatic heterocycles. The summed E-state index contributed by atoms with van der Waals surface area (Å²) in [7, 11) is 0. The number of hydrogen-bond acceptors (Lipinski definition) is 6. The van der Waals surface area contributed by atoms with E-state index < -0.39 is 5.91 Å². The molecule has 0 fully saturated rings. The molecule has 0 saturated heterocycles. The summed E-state index contributed by atoms with van der Waals surface area (Å²) in [5.74, 6) is 0.962. The molecule has 0 aliphatic carbocycles. The maximum Gasteiger partial charge on any atom is 0.291 e. The number of carbonyl (C=O) groups excluding carboxylic acids is 1. The number of carbonyl (C=O) groups is 1. The van der Waals surface area contributed by atoms with Gasteiger partial charge in [0, 0.05) is 12.4 Å². The number of ether oxygens (including phenoxy) is 2. The van der Waals surface area contributed by atoms with Crippen molar-refractivity contribution in [2.45, 2.75) is 0 Å². The van der Waals surface area contributed by atoms with Gasteiger partial charge in [-0.15, -0.1) is 0 Å². The van der Waals surface area contributed by atoms with Gasteiger partial charge in [-0.1, -0.05) is 0 Å². The summed E-state index contributed by atoms with van der Waals surface area (Å²) in [6.07, 6.45) is 5.83. The first-order valence-corrected chi connectivity index (χ1v) is 6.32. The molecule has 106 valence electrons. The summed E-state index contributed by atoms with van der Waals surface area (Å²) in [6, 6.07) is 5.43. The Morgan fingerprint density at radius 3 is 2.90 bits per heavy atom. The number of hydrazone groups is 1. The molecule has 0 saturated carbocycles. The fourth-order valence-corrected chi connectivity index (χ4v) is 1.78. The van der Waals surface area contributed by atoms with Crippen LogP contribution in [0.2, 0.25) is 0 Å². The van der Waals surface area contributed by atoms with E-state index in [2.05, 4.69) is 20.5 Å². The molecule has 0 radical (unpaired) electrons. The number of aromatic nitrogens is 2. The summed E-state index contributed by atoms with van der Waals surface area (Å²) >= 11 is 0. The van der Waals surface area contributed by atoms with Crippen LogP contribution in [0.3, 0.4) is 0 Å². The first-order valence-electron chi connectivity index (χ1n) is 6.32. The largest absolute Gasteiger partial charge is 0.486 e. The Morgan fingerprint density at radius 2 is 2.10 bits per heavy atom. The van der Waals surface area contributed by atoms with Crippen LogP contribution in [0.4, 0.5) is 0 Å². The molecule has 7 nitrogen and oxygen atoms in total.